The molecule has 0 spiro atoms. The van der Waals surface area contributed by atoms with Crippen LogP contribution in [0.5, 0.6) is 0 Å². The van der Waals surface area contributed by atoms with E-state index in [2.05, 4.69) is 5.32 Å². The zero-order valence-corrected chi connectivity index (χ0v) is 18.2. The molecule has 1 N–H and O–H groups in total. The predicted octanol–water partition coefficient (Wildman–Crippen LogP) is 3.82. The van der Waals surface area contributed by atoms with Crippen molar-refractivity contribution in [2.45, 2.75) is 62.8 Å². The zero-order chi connectivity index (χ0) is 20.6. The first kappa shape index (κ1) is 20.6. The van der Waals surface area contributed by atoms with Crippen molar-refractivity contribution < 1.29 is 13.2 Å². The van der Waals surface area contributed by atoms with E-state index in [0.29, 0.717) is 13.1 Å². The third kappa shape index (κ3) is 4.15. The fraction of sp³-hybridized carbons (Fsp3) is 0.609. The molecule has 6 heteroatoms. The van der Waals surface area contributed by atoms with E-state index in [4.69, 9.17) is 0 Å². The second-order valence-electron chi connectivity index (χ2n) is 9.18. The summed E-state index contributed by atoms with van der Waals surface area (Å²) in [6.45, 7) is 4.57. The third-order valence-corrected chi connectivity index (χ3v) is 9.14. The number of hydrogen-bond acceptors (Lipinski definition) is 3. The average molecular weight is 417 g/mol. The molecule has 158 valence electrons. The predicted molar refractivity (Wildman–Crippen MR) is 115 cm³/mol. The third-order valence-electron chi connectivity index (χ3n) is 7.08. The minimum absolute atomic E-state index is 0.0118. The molecule has 0 radical (unpaired) electrons. The highest BCUT2D eigenvalue weighted by Gasteiger charge is 2.51. The zero-order valence-electron chi connectivity index (χ0n) is 17.4. The first-order valence-electron chi connectivity index (χ1n) is 10.9. The lowest BCUT2D eigenvalue weighted by Crippen LogP contribution is -2.59. The molecule has 0 aliphatic heterocycles. The number of sulfonamides is 1. The van der Waals surface area contributed by atoms with Gasteiger partial charge in [0.25, 0.3) is 0 Å². The summed E-state index contributed by atoms with van der Waals surface area (Å²) in [6.07, 6.45) is 10.8. The normalized spacial score (nSPS) is 30.9. The van der Waals surface area contributed by atoms with Crippen LogP contribution in [-0.2, 0) is 14.8 Å². The molecule has 0 heterocycles. The van der Waals surface area contributed by atoms with Gasteiger partial charge in [-0.25, -0.2) is 8.42 Å². The average Bonchev–Trinajstić information content (AvgIpc) is 2.66. The topological polar surface area (TPSA) is 66.5 Å². The Bertz CT molecular complexity index is 850. The van der Waals surface area contributed by atoms with Crippen LogP contribution >= 0.6 is 0 Å². The van der Waals surface area contributed by atoms with Gasteiger partial charge in [0.05, 0.1) is 4.90 Å². The number of carbonyl (C=O) groups excluding carboxylic acids is 1. The largest absolute Gasteiger partial charge is 0.347 e. The molecule has 4 aliphatic rings. The van der Waals surface area contributed by atoms with E-state index in [-0.39, 0.29) is 16.3 Å². The first-order chi connectivity index (χ1) is 13.8. The van der Waals surface area contributed by atoms with Crippen molar-refractivity contribution in [1.82, 2.24) is 9.62 Å². The molecule has 1 aromatic rings. The Kier molecular flexibility index (Phi) is 5.60. The number of nitrogens with zero attached hydrogens (tertiary/aromatic N) is 1. The van der Waals surface area contributed by atoms with Crippen molar-refractivity contribution in [3.63, 3.8) is 0 Å². The van der Waals surface area contributed by atoms with Crippen molar-refractivity contribution >= 4 is 22.0 Å². The van der Waals surface area contributed by atoms with Crippen molar-refractivity contribution in [3.8, 4) is 0 Å². The molecule has 4 saturated carbocycles. The summed E-state index contributed by atoms with van der Waals surface area (Å²) < 4.78 is 26.6. The molecule has 1 aromatic carbocycles. The van der Waals surface area contributed by atoms with Gasteiger partial charge in [0.1, 0.15) is 0 Å². The SMILES string of the molecule is CCN(CC)S(=O)(=O)c1ccc(/C=C/C(=O)NC23CC4CC(CC(C4)C2)C3)cc1. The van der Waals surface area contributed by atoms with Gasteiger partial charge in [-0.15, -0.1) is 0 Å². The van der Waals surface area contributed by atoms with E-state index >= 15 is 0 Å². The molecule has 4 aliphatic carbocycles. The highest BCUT2D eigenvalue weighted by molar-refractivity contribution is 7.89. The van der Waals surface area contributed by atoms with Crippen LogP contribution in [0, 0.1) is 17.8 Å². The molecule has 4 fully saturated rings. The number of hydrogen-bond donors (Lipinski definition) is 1. The number of rotatable bonds is 7. The Hall–Kier alpha value is -1.66. The number of nitrogens with one attached hydrogen (secondary N) is 1. The van der Waals surface area contributed by atoms with Gasteiger partial charge < -0.3 is 5.32 Å². The van der Waals surface area contributed by atoms with Crippen molar-refractivity contribution in [3.05, 3.63) is 35.9 Å². The van der Waals surface area contributed by atoms with Gasteiger partial charge in [0.15, 0.2) is 0 Å². The van der Waals surface area contributed by atoms with Crippen LogP contribution < -0.4 is 5.32 Å². The number of benzene rings is 1. The summed E-state index contributed by atoms with van der Waals surface area (Å²) in [5.41, 5.74) is 0.835. The summed E-state index contributed by atoms with van der Waals surface area (Å²) in [4.78, 5) is 12.9. The maximum atomic E-state index is 12.6. The monoisotopic (exact) mass is 416 g/mol. The Morgan fingerprint density at radius 2 is 1.55 bits per heavy atom. The molecule has 4 bridgehead atoms. The van der Waals surface area contributed by atoms with E-state index in [1.807, 2.05) is 13.8 Å². The van der Waals surface area contributed by atoms with E-state index in [9.17, 15) is 13.2 Å². The maximum Gasteiger partial charge on any atom is 0.244 e. The van der Waals surface area contributed by atoms with Crippen LogP contribution in [0.2, 0.25) is 0 Å². The molecule has 0 atom stereocenters. The van der Waals surface area contributed by atoms with E-state index in [1.54, 1.807) is 36.4 Å². The lowest BCUT2D eigenvalue weighted by atomic mass is 9.53. The van der Waals surface area contributed by atoms with Gasteiger partial charge in [-0.05, 0) is 80.1 Å². The fourth-order valence-electron chi connectivity index (χ4n) is 6.20. The Labute approximate surface area is 174 Å². The Morgan fingerprint density at radius 3 is 2.03 bits per heavy atom. The van der Waals surface area contributed by atoms with E-state index in [0.717, 1.165) is 42.6 Å². The van der Waals surface area contributed by atoms with E-state index < -0.39 is 10.0 Å². The fourth-order valence-corrected chi connectivity index (χ4v) is 7.66. The minimum Gasteiger partial charge on any atom is -0.347 e. The summed E-state index contributed by atoms with van der Waals surface area (Å²) in [5.74, 6) is 2.36. The summed E-state index contributed by atoms with van der Waals surface area (Å²) in [7, 11) is -3.45. The van der Waals surface area contributed by atoms with Gasteiger partial charge >= 0.3 is 0 Å². The lowest BCUT2D eigenvalue weighted by molar-refractivity contribution is -0.122. The van der Waals surface area contributed by atoms with Gasteiger partial charge in [-0.3, -0.25) is 4.79 Å². The van der Waals surface area contributed by atoms with Crippen LogP contribution in [0.3, 0.4) is 0 Å². The molecule has 29 heavy (non-hydrogen) atoms. The quantitative estimate of drug-likeness (QED) is 0.687. The van der Waals surface area contributed by atoms with Crippen LogP contribution in [0.4, 0.5) is 0 Å². The summed E-state index contributed by atoms with van der Waals surface area (Å²) in [5, 5.41) is 3.33. The summed E-state index contributed by atoms with van der Waals surface area (Å²) in [6, 6.07) is 6.74. The number of carbonyl (C=O) groups is 1. The second kappa shape index (κ2) is 7.88. The van der Waals surface area contributed by atoms with Crippen molar-refractivity contribution in [2.75, 3.05) is 13.1 Å². The standard InChI is InChI=1S/C23H32N2O3S/c1-3-25(4-2)29(27,28)21-8-5-17(6-9-21)7-10-22(26)24-23-14-18-11-19(15-23)13-20(12-18)16-23/h5-10,18-20H,3-4,11-16H2,1-2H3,(H,24,26)/b10-7+. The van der Waals surface area contributed by atoms with Gasteiger partial charge in [0.2, 0.25) is 15.9 Å². The van der Waals surface area contributed by atoms with Gasteiger partial charge in [-0.2, -0.15) is 4.31 Å². The highest BCUT2D eigenvalue weighted by Crippen LogP contribution is 2.55. The van der Waals surface area contributed by atoms with E-state index in [1.165, 1.54) is 23.6 Å². The molecule has 1 amide bonds. The van der Waals surface area contributed by atoms with Crippen LogP contribution in [-0.4, -0.2) is 37.3 Å². The minimum atomic E-state index is -3.45. The second-order valence-corrected chi connectivity index (χ2v) is 11.1. The number of amides is 1. The van der Waals surface area contributed by atoms with Gasteiger partial charge in [0, 0.05) is 24.7 Å². The Morgan fingerprint density at radius 1 is 1.03 bits per heavy atom. The molecule has 0 aromatic heterocycles. The molecule has 0 unspecified atom stereocenters. The molecular formula is C23H32N2O3S. The first-order valence-corrected chi connectivity index (χ1v) is 12.4. The maximum absolute atomic E-state index is 12.6. The van der Waals surface area contributed by atoms with Crippen LogP contribution in [0.15, 0.2) is 35.2 Å². The lowest BCUT2D eigenvalue weighted by Gasteiger charge is -2.56. The van der Waals surface area contributed by atoms with Crippen molar-refractivity contribution in [2.24, 2.45) is 17.8 Å². The highest BCUT2D eigenvalue weighted by atomic mass is 32.2. The molecular weight excluding hydrogens is 384 g/mol. The van der Waals surface area contributed by atoms with Crippen LogP contribution in [0.1, 0.15) is 57.9 Å². The molecule has 0 saturated heterocycles. The van der Waals surface area contributed by atoms with Gasteiger partial charge in [-0.1, -0.05) is 26.0 Å². The Balaban J connectivity index is 1.40. The smallest absolute Gasteiger partial charge is 0.244 e. The van der Waals surface area contributed by atoms with Crippen LogP contribution in [0.25, 0.3) is 6.08 Å². The molecule has 5 nitrogen and oxygen atoms in total. The van der Waals surface area contributed by atoms with Crippen molar-refractivity contribution in [1.29, 1.82) is 0 Å². The summed E-state index contributed by atoms with van der Waals surface area (Å²) >= 11 is 0. The molecule has 5 rings (SSSR count).